The number of aromatic amines is 1. The molecule has 142 valence electrons. The fourth-order valence-electron chi connectivity index (χ4n) is 3.98. The van der Waals surface area contributed by atoms with Gasteiger partial charge in [0.1, 0.15) is 5.75 Å². The second-order valence-corrected chi connectivity index (χ2v) is 6.73. The predicted octanol–water partition coefficient (Wildman–Crippen LogP) is 3.10. The van der Waals surface area contributed by atoms with E-state index in [1.54, 1.807) is 7.11 Å². The van der Waals surface area contributed by atoms with Gasteiger partial charge in [0.05, 0.1) is 13.7 Å². The Hall–Kier alpha value is -2.21. The molecule has 0 saturated carbocycles. The van der Waals surface area contributed by atoms with E-state index >= 15 is 0 Å². The number of nitrogens with one attached hydrogen (secondary N) is 2. The van der Waals surface area contributed by atoms with Gasteiger partial charge in [-0.1, -0.05) is 6.92 Å². The molecule has 3 rings (SSSR count). The minimum atomic E-state index is -0.341. The molecule has 6 nitrogen and oxygen atoms in total. The number of nitrogens with zero attached hydrogens (tertiary/aromatic N) is 1. The fraction of sp³-hybridized carbons (Fsp3) is 0.550. The Morgan fingerprint density at radius 3 is 2.88 bits per heavy atom. The number of alkyl carbamates (subject to hydrolysis) is 1. The summed E-state index contributed by atoms with van der Waals surface area (Å²) in [5, 5.41) is 4.16. The van der Waals surface area contributed by atoms with E-state index in [1.165, 1.54) is 22.0 Å². The summed E-state index contributed by atoms with van der Waals surface area (Å²) in [7, 11) is 1.74. The molecular formula is C20H29N3O3. The van der Waals surface area contributed by atoms with E-state index in [9.17, 15) is 4.79 Å². The first-order valence-electron chi connectivity index (χ1n) is 9.48. The summed E-state index contributed by atoms with van der Waals surface area (Å²) < 4.78 is 10.6. The summed E-state index contributed by atoms with van der Waals surface area (Å²) in [6.07, 6.45) is 4.84. The zero-order chi connectivity index (χ0) is 18.5. The summed E-state index contributed by atoms with van der Waals surface area (Å²) in [6.45, 7) is 6.82. The van der Waals surface area contributed by atoms with Crippen molar-refractivity contribution < 1.29 is 14.3 Å². The van der Waals surface area contributed by atoms with Crippen LogP contribution in [0.15, 0.2) is 18.3 Å². The Morgan fingerprint density at radius 2 is 2.15 bits per heavy atom. The summed E-state index contributed by atoms with van der Waals surface area (Å²) in [5.41, 5.74) is 3.82. The molecule has 1 aromatic carbocycles. The van der Waals surface area contributed by atoms with Gasteiger partial charge in [-0.15, -0.1) is 0 Å². The summed E-state index contributed by atoms with van der Waals surface area (Å²) in [5.74, 6) is 0.962. The summed E-state index contributed by atoms with van der Waals surface area (Å²) >= 11 is 0. The smallest absolute Gasteiger partial charge is 0.407 e. The largest absolute Gasteiger partial charge is 0.496 e. The molecule has 0 bridgehead atoms. The standard InChI is InChI=1S/C20H29N3O3/c1-4-9-23(10-8-21-20(24)26-5-2)15-11-14-13-22-17-6-7-18(25-3)16(12-15)19(14)17/h6-7,13,15,22H,4-5,8-12H2,1-3H3,(H,21,24). The minimum Gasteiger partial charge on any atom is -0.496 e. The van der Waals surface area contributed by atoms with Gasteiger partial charge in [-0.25, -0.2) is 4.79 Å². The average molecular weight is 359 g/mol. The third-order valence-corrected chi connectivity index (χ3v) is 5.08. The number of methoxy groups -OCH3 is 1. The van der Waals surface area contributed by atoms with Crippen molar-refractivity contribution in [1.82, 2.24) is 15.2 Å². The van der Waals surface area contributed by atoms with E-state index in [0.29, 0.717) is 19.2 Å². The van der Waals surface area contributed by atoms with Crippen LogP contribution < -0.4 is 10.1 Å². The van der Waals surface area contributed by atoms with Crippen LogP contribution >= 0.6 is 0 Å². The van der Waals surface area contributed by atoms with Crippen molar-refractivity contribution in [3.63, 3.8) is 0 Å². The molecule has 1 atom stereocenters. The van der Waals surface area contributed by atoms with Crippen LogP contribution in [-0.2, 0) is 17.6 Å². The number of hydrogen-bond acceptors (Lipinski definition) is 4. The SMILES string of the molecule is CCCN(CCNC(=O)OCC)C1Cc2c[nH]c3ccc(OC)c(c23)C1. The van der Waals surface area contributed by atoms with Gasteiger partial charge in [0, 0.05) is 41.8 Å². The number of hydrogen-bond donors (Lipinski definition) is 2. The predicted molar refractivity (Wildman–Crippen MR) is 103 cm³/mol. The first-order chi connectivity index (χ1) is 12.7. The van der Waals surface area contributed by atoms with Crippen molar-refractivity contribution >= 4 is 17.0 Å². The van der Waals surface area contributed by atoms with Crippen LogP contribution in [0.2, 0.25) is 0 Å². The molecule has 2 N–H and O–H groups in total. The number of rotatable bonds is 8. The van der Waals surface area contributed by atoms with Crippen LogP contribution in [0.1, 0.15) is 31.4 Å². The van der Waals surface area contributed by atoms with Crippen molar-refractivity contribution in [3.8, 4) is 5.75 Å². The summed E-state index contributed by atoms with van der Waals surface area (Å²) in [6, 6.07) is 4.54. The Bertz CT molecular complexity index is 756. The van der Waals surface area contributed by atoms with E-state index in [0.717, 1.165) is 38.1 Å². The minimum absolute atomic E-state index is 0.341. The van der Waals surface area contributed by atoms with Gasteiger partial charge in [0.15, 0.2) is 0 Å². The van der Waals surface area contributed by atoms with E-state index < -0.39 is 0 Å². The highest BCUT2D eigenvalue weighted by Crippen LogP contribution is 2.36. The molecule has 6 heteroatoms. The lowest BCUT2D eigenvalue weighted by Crippen LogP contribution is -2.44. The van der Waals surface area contributed by atoms with E-state index in [2.05, 4.69) is 34.4 Å². The topological polar surface area (TPSA) is 66.6 Å². The van der Waals surface area contributed by atoms with Gasteiger partial charge in [-0.05, 0) is 50.4 Å². The van der Waals surface area contributed by atoms with E-state index in [1.807, 2.05) is 13.0 Å². The molecule has 1 amide bonds. The van der Waals surface area contributed by atoms with Gasteiger partial charge >= 0.3 is 6.09 Å². The van der Waals surface area contributed by atoms with Gasteiger partial charge < -0.3 is 19.8 Å². The number of amides is 1. The number of aromatic nitrogens is 1. The lowest BCUT2D eigenvalue weighted by Gasteiger charge is -2.34. The van der Waals surface area contributed by atoms with Crippen molar-refractivity contribution in [3.05, 3.63) is 29.5 Å². The van der Waals surface area contributed by atoms with Crippen LogP contribution in [0, 0.1) is 0 Å². The second-order valence-electron chi connectivity index (χ2n) is 6.73. The normalized spacial score (nSPS) is 16.1. The van der Waals surface area contributed by atoms with Gasteiger partial charge in [0.25, 0.3) is 0 Å². The quantitative estimate of drug-likeness (QED) is 0.760. The first-order valence-corrected chi connectivity index (χ1v) is 9.48. The van der Waals surface area contributed by atoms with Crippen LogP contribution in [0.3, 0.4) is 0 Å². The second kappa shape index (κ2) is 8.45. The van der Waals surface area contributed by atoms with Crippen molar-refractivity contribution in [1.29, 1.82) is 0 Å². The monoisotopic (exact) mass is 359 g/mol. The molecular weight excluding hydrogens is 330 g/mol. The zero-order valence-corrected chi connectivity index (χ0v) is 15.9. The molecule has 1 aliphatic carbocycles. The van der Waals surface area contributed by atoms with Crippen molar-refractivity contribution in [2.45, 2.75) is 39.2 Å². The molecule has 0 spiro atoms. The van der Waals surface area contributed by atoms with E-state index in [4.69, 9.17) is 9.47 Å². The van der Waals surface area contributed by atoms with Crippen LogP contribution in [0.25, 0.3) is 10.9 Å². The Kier molecular flexibility index (Phi) is 6.04. The number of H-pyrrole nitrogens is 1. The molecule has 0 radical (unpaired) electrons. The lowest BCUT2D eigenvalue weighted by molar-refractivity contribution is 0.146. The number of ether oxygens (including phenoxy) is 2. The van der Waals surface area contributed by atoms with Crippen molar-refractivity contribution in [2.24, 2.45) is 0 Å². The average Bonchev–Trinajstić information content (AvgIpc) is 3.06. The number of benzene rings is 1. The summed E-state index contributed by atoms with van der Waals surface area (Å²) in [4.78, 5) is 17.4. The fourth-order valence-corrected chi connectivity index (χ4v) is 3.98. The Morgan fingerprint density at radius 1 is 1.31 bits per heavy atom. The van der Waals surface area contributed by atoms with Gasteiger partial charge in [-0.2, -0.15) is 0 Å². The molecule has 1 heterocycles. The molecule has 26 heavy (non-hydrogen) atoms. The van der Waals surface area contributed by atoms with Crippen LogP contribution in [0.4, 0.5) is 4.79 Å². The Balaban J connectivity index is 1.73. The van der Waals surface area contributed by atoms with Gasteiger partial charge in [-0.3, -0.25) is 4.90 Å². The maximum atomic E-state index is 11.5. The Labute approximate surface area is 154 Å². The molecule has 1 unspecified atom stereocenters. The molecule has 1 aromatic heterocycles. The maximum Gasteiger partial charge on any atom is 0.407 e. The highest BCUT2D eigenvalue weighted by atomic mass is 16.5. The lowest BCUT2D eigenvalue weighted by atomic mass is 9.87. The third-order valence-electron chi connectivity index (χ3n) is 5.08. The van der Waals surface area contributed by atoms with E-state index in [-0.39, 0.29) is 6.09 Å². The highest BCUT2D eigenvalue weighted by Gasteiger charge is 2.28. The van der Waals surface area contributed by atoms with Crippen LogP contribution in [-0.4, -0.2) is 55.4 Å². The molecule has 2 aromatic rings. The molecule has 0 fully saturated rings. The number of carbonyl (C=O) groups excluding carboxylic acids is 1. The van der Waals surface area contributed by atoms with Crippen LogP contribution in [0.5, 0.6) is 5.75 Å². The van der Waals surface area contributed by atoms with Gasteiger partial charge in [0.2, 0.25) is 0 Å². The zero-order valence-electron chi connectivity index (χ0n) is 15.9. The molecule has 1 aliphatic rings. The first kappa shape index (κ1) is 18.6. The number of carbonyl (C=O) groups is 1. The maximum absolute atomic E-state index is 11.5. The molecule has 0 saturated heterocycles. The molecule has 0 aliphatic heterocycles. The third kappa shape index (κ3) is 3.80. The highest BCUT2D eigenvalue weighted by molar-refractivity contribution is 5.89. The van der Waals surface area contributed by atoms with Crippen molar-refractivity contribution in [2.75, 3.05) is 33.4 Å².